The second-order valence-electron chi connectivity index (χ2n) is 6.70. The Hall–Kier alpha value is -2.13. The van der Waals surface area contributed by atoms with Crippen molar-refractivity contribution in [2.75, 3.05) is 19.6 Å². The second-order valence-corrected chi connectivity index (χ2v) is 6.70. The topological polar surface area (TPSA) is 32.3 Å². The quantitative estimate of drug-likeness (QED) is 0.906. The van der Waals surface area contributed by atoms with E-state index in [9.17, 15) is 4.79 Å². The molecule has 24 heavy (non-hydrogen) atoms. The van der Waals surface area contributed by atoms with Crippen LogP contribution in [-0.4, -0.2) is 30.4 Å². The number of carbonyl (C=O) groups is 1. The third-order valence-electron chi connectivity index (χ3n) is 4.85. The zero-order valence-electron chi connectivity index (χ0n) is 14.6. The molecule has 1 N–H and O–H groups in total. The van der Waals surface area contributed by atoms with Crippen molar-refractivity contribution in [1.82, 2.24) is 10.2 Å². The number of hydrogen-bond acceptors (Lipinski definition) is 2. The van der Waals surface area contributed by atoms with Gasteiger partial charge in [-0.25, -0.2) is 0 Å². The summed E-state index contributed by atoms with van der Waals surface area (Å²) < 4.78 is 0. The smallest absolute Gasteiger partial charge is 0.251 e. The van der Waals surface area contributed by atoms with Crippen LogP contribution in [0.15, 0.2) is 48.5 Å². The largest absolute Gasteiger partial charge is 0.350 e. The fourth-order valence-electron chi connectivity index (χ4n) is 3.54. The van der Waals surface area contributed by atoms with Crippen LogP contribution in [0.1, 0.15) is 45.9 Å². The van der Waals surface area contributed by atoms with Crippen LogP contribution in [0.25, 0.3) is 0 Å². The van der Waals surface area contributed by atoms with Crippen molar-refractivity contribution >= 4 is 5.91 Å². The SMILES string of the molecule is Cc1ccc(C(=O)NCC(c2ccccc2)N2CCCC2)c(C)c1. The molecule has 0 bridgehead atoms. The van der Waals surface area contributed by atoms with E-state index in [4.69, 9.17) is 0 Å². The van der Waals surface area contributed by atoms with E-state index in [1.807, 2.05) is 32.0 Å². The lowest BCUT2D eigenvalue weighted by Crippen LogP contribution is -2.37. The second kappa shape index (κ2) is 7.63. The fraction of sp³-hybridized carbons (Fsp3) is 0.381. The molecule has 3 heteroatoms. The molecule has 1 amide bonds. The van der Waals surface area contributed by atoms with Crippen LogP contribution in [0.2, 0.25) is 0 Å². The van der Waals surface area contributed by atoms with Crippen LogP contribution in [0.3, 0.4) is 0 Å². The molecule has 0 saturated carbocycles. The number of rotatable bonds is 5. The number of nitrogens with one attached hydrogen (secondary N) is 1. The highest BCUT2D eigenvalue weighted by molar-refractivity contribution is 5.95. The predicted octanol–water partition coefficient (Wildman–Crippen LogP) is 3.87. The molecule has 1 saturated heterocycles. The van der Waals surface area contributed by atoms with Gasteiger partial charge in [0.05, 0.1) is 6.04 Å². The molecule has 2 aromatic rings. The lowest BCUT2D eigenvalue weighted by atomic mass is 10.0. The van der Waals surface area contributed by atoms with Gasteiger partial charge < -0.3 is 5.32 Å². The monoisotopic (exact) mass is 322 g/mol. The summed E-state index contributed by atoms with van der Waals surface area (Å²) in [6.07, 6.45) is 2.49. The number of benzene rings is 2. The maximum Gasteiger partial charge on any atom is 0.251 e. The molecular weight excluding hydrogens is 296 g/mol. The Bertz CT molecular complexity index is 690. The number of likely N-dealkylation sites (tertiary alicyclic amines) is 1. The number of aryl methyl sites for hydroxylation is 2. The van der Waals surface area contributed by atoms with Gasteiger partial charge in [-0.05, 0) is 57.0 Å². The predicted molar refractivity (Wildman–Crippen MR) is 98.2 cm³/mol. The Morgan fingerprint density at radius 3 is 2.46 bits per heavy atom. The summed E-state index contributed by atoms with van der Waals surface area (Å²) in [5, 5.41) is 3.15. The Kier molecular flexibility index (Phi) is 5.31. The Labute approximate surface area is 144 Å². The van der Waals surface area contributed by atoms with E-state index in [1.165, 1.54) is 24.0 Å². The van der Waals surface area contributed by atoms with Gasteiger partial charge >= 0.3 is 0 Å². The van der Waals surface area contributed by atoms with E-state index in [2.05, 4.69) is 40.5 Å². The number of amides is 1. The third-order valence-corrected chi connectivity index (χ3v) is 4.85. The van der Waals surface area contributed by atoms with Gasteiger partial charge in [0.1, 0.15) is 0 Å². The van der Waals surface area contributed by atoms with Gasteiger partial charge in [-0.3, -0.25) is 9.69 Å². The zero-order valence-corrected chi connectivity index (χ0v) is 14.6. The molecule has 3 nitrogen and oxygen atoms in total. The van der Waals surface area contributed by atoms with Crippen molar-refractivity contribution in [3.05, 3.63) is 70.8 Å². The molecular formula is C21H26N2O. The first kappa shape index (κ1) is 16.7. The molecule has 1 aliphatic rings. The normalized spacial score (nSPS) is 16.1. The fourth-order valence-corrected chi connectivity index (χ4v) is 3.54. The molecule has 2 aromatic carbocycles. The molecule has 1 heterocycles. The summed E-state index contributed by atoms with van der Waals surface area (Å²) in [6, 6.07) is 16.7. The van der Waals surface area contributed by atoms with Crippen molar-refractivity contribution in [3.8, 4) is 0 Å². The van der Waals surface area contributed by atoms with Crippen LogP contribution in [0.5, 0.6) is 0 Å². The van der Waals surface area contributed by atoms with Crippen LogP contribution < -0.4 is 5.32 Å². The van der Waals surface area contributed by atoms with Crippen LogP contribution in [0.4, 0.5) is 0 Å². The summed E-state index contributed by atoms with van der Waals surface area (Å²) >= 11 is 0. The molecule has 0 spiro atoms. The molecule has 126 valence electrons. The van der Waals surface area contributed by atoms with Crippen molar-refractivity contribution in [2.24, 2.45) is 0 Å². The first-order valence-electron chi connectivity index (χ1n) is 8.79. The standard InChI is InChI=1S/C21H26N2O/c1-16-10-11-19(17(2)14-16)21(24)22-15-20(23-12-6-7-13-23)18-8-4-3-5-9-18/h3-5,8-11,14,20H,6-7,12-13,15H2,1-2H3,(H,22,24). The summed E-state index contributed by atoms with van der Waals surface area (Å²) in [5.74, 6) is 0.0210. The van der Waals surface area contributed by atoms with E-state index >= 15 is 0 Å². The number of nitrogens with zero attached hydrogens (tertiary/aromatic N) is 1. The highest BCUT2D eigenvalue weighted by Gasteiger charge is 2.24. The average Bonchev–Trinajstić information content (AvgIpc) is 3.10. The minimum absolute atomic E-state index is 0.0210. The molecule has 1 unspecified atom stereocenters. The minimum Gasteiger partial charge on any atom is -0.350 e. The summed E-state index contributed by atoms with van der Waals surface area (Å²) in [5.41, 5.74) is 4.27. The first-order valence-corrected chi connectivity index (χ1v) is 8.79. The van der Waals surface area contributed by atoms with Crippen LogP contribution in [-0.2, 0) is 0 Å². The molecule has 3 rings (SSSR count). The minimum atomic E-state index is 0.0210. The maximum atomic E-state index is 12.6. The lowest BCUT2D eigenvalue weighted by molar-refractivity contribution is 0.0937. The third kappa shape index (κ3) is 3.85. The van der Waals surface area contributed by atoms with E-state index in [-0.39, 0.29) is 11.9 Å². The molecule has 1 fully saturated rings. The van der Waals surface area contributed by atoms with Crippen molar-refractivity contribution in [1.29, 1.82) is 0 Å². The van der Waals surface area contributed by atoms with Crippen molar-refractivity contribution < 1.29 is 4.79 Å². The average molecular weight is 322 g/mol. The number of carbonyl (C=O) groups excluding carboxylic acids is 1. The van der Waals surface area contributed by atoms with Crippen molar-refractivity contribution in [2.45, 2.75) is 32.7 Å². The number of hydrogen-bond donors (Lipinski definition) is 1. The molecule has 0 aromatic heterocycles. The summed E-state index contributed by atoms with van der Waals surface area (Å²) in [7, 11) is 0. The molecule has 1 atom stereocenters. The van der Waals surface area contributed by atoms with Gasteiger partial charge in [0.15, 0.2) is 0 Å². The van der Waals surface area contributed by atoms with Gasteiger partial charge in [-0.2, -0.15) is 0 Å². The molecule has 0 radical (unpaired) electrons. The van der Waals surface area contributed by atoms with Crippen molar-refractivity contribution in [3.63, 3.8) is 0 Å². The van der Waals surface area contributed by atoms with E-state index in [0.717, 1.165) is 24.2 Å². The first-order chi connectivity index (χ1) is 11.6. The van der Waals surface area contributed by atoms with Crippen LogP contribution >= 0.6 is 0 Å². The van der Waals surface area contributed by atoms with E-state index in [0.29, 0.717) is 6.54 Å². The summed E-state index contributed by atoms with van der Waals surface area (Å²) in [6.45, 7) is 6.92. The van der Waals surface area contributed by atoms with Gasteiger partial charge in [0, 0.05) is 12.1 Å². The molecule has 1 aliphatic heterocycles. The Balaban J connectivity index is 1.72. The van der Waals surface area contributed by atoms with Gasteiger partial charge in [-0.15, -0.1) is 0 Å². The van der Waals surface area contributed by atoms with Gasteiger partial charge in [0.2, 0.25) is 0 Å². The summed E-state index contributed by atoms with van der Waals surface area (Å²) in [4.78, 5) is 15.1. The Morgan fingerprint density at radius 1 is 1.08 bits per heavy atom. The van der Waals surface area contributed by atoms with Crippen LogP contribution in [0, 0.1) is 13.8 Å². The Morgan fingerprint density at radius 2 is 1.79 bits per heavy atom. The van der Waals surface area contributed by atoms with Gasteiger partial charge in [0.25, 0.3) is 5.91 Å². The maximum absolute atomic E-state index is 12.6. The zero-order chi connectivity index (χ0) is 16.9. The lowest BCUT2D eigenvalue weighted by Gasteiger charge is -2.28. The highest BCUT2D eigenvalue weighted by Crippen LogP contribution is 2.24. The van der Waals surface area contributed by atoms with Gasteiger partial charge in [-0.1, -0.05) is 48.0 Å². The highest BCUT2D eigenvalue weighted by atomic mass is 16.1. The molecule has 0 aliphatic carbocycles. The van der Waals surface area contributed by atoms with E-state index < -0.39 is 0 Å². The van der Waals surface area contributed by atoms with E-state index in [1.54, 1.807) is 0 Å².